The first kappa shape index (κ1) is 41.2. The van der Waals surface area contributed by atoms with Crippen LogP contribution in [0.4, 0.5) is 22.7 Å². The molecule has 4 N–H and O–H groups in total. The van der Waals surface area contributed by atoms with Crippen molar-refractivity contribution in [1.82, 2.24) is 0 Å². The molecule has 12 heteroatoms. The van der Waals surface area contributed by atoms with E-state index in [9.17, 15) is 19.2 Å². The summed E-state index contributed by atoms with van der Waals surface area (Å²) in [5.74, 6) is -0.150. The van der Waals surface area contributed by atoms with Crippen LogP contribution in [0.1, 0.15) is 114 Å². The molecule has 0 bridgehead atoms. The van der Waals surface area contributed by atoms with Crippen LogP contribution in [0.2, 0.25) is 0 Å². The van der Waals surface area contributed by atoms with E-state index in [1.165, 1.54) is 13.8 Å². The Balaban J connectivity index is 2.10. The fourth-order valence-electron chi connectivity index (χ4n) is 4.91. The summed E-state index contributed by atoms with van der Waals surface area (Å²) in [6, 6.07) is 13.0. The largest absolute Gasteiger partial charge is 0.493 e. The van der Waals surface area contributed by atoms with Crippen LogP contribution >= 0.6 is 0 Å². The highest BCUT2D eigenvalue weighted by Gasteiger charge is 2.22. The molecule has 282 valence electrons. The van der Waals surface area contributed by atoms with Crippen LogP contribution in [0.5, 0.6) is 23.0 Å². The Morgan fingerprint density at radius 2 is 0.808 bits per heavy atom. The Bertz CT molecular complexity index is 1540. The van der Waals surface area contributed by atoms with Gasteiger partial charge in [0, 0.05) is 31.3 Å². The van der Waals surface area contributed by atoms with Gasteiger partial charge in [-0.15, -0.1) is 0 Å². The summed E-state index contributed by atoms with van der Waals surface area (Å²) in [6.45, 7) is 12.6. The fraction of sp³-hybridized carbons (Fsp3) is 0.450. The molecule has 3 rings (SSSR count). The van der Waals surface area contributed by atoms with Crippen molar-refractivity contribution in [2.45, 2.75) is 92.9 Å². The smallest absolute Gasteiger partial charge is 0.259 e. The second kappa shape index (κ2) is 21.8. The third kappa shape index (κ3) is 13.1. The minimum absolute atomic E-state index is 0.208. The lowest BCUT2D eigenvalue weighted by molar-refractivity contribution is -0.115. The normalized spacial score (nSPS) is 10.6. The first-order chi connectivity index (χ1) is 25.1. The van der Waals surface area contributed by atoms with Gasteiger partial charge in [-0.1, -0.05) is 53.4 Å². The van der Waals surface area contributed by atoms with Gasteiger partial charge in [-0.2, -0.15) is 0 Å². The van der Waals surface area contributed by atoms with E-state index in [1.54, 1.807) is 48.5 Å². The van der Waals surface area contributed by atoms with Crippen molar-refractivity contribution < 1.29 is 38.1 Å². The van der Waals surface area contributed by atoms with E-state index in [2.05, 4.69) is 21.3 Å². The highest BCUT2D eigenvalue weighted by molar-refractivity contribution is 6.10. The van der Waals surface area contributed by atoms with Crippen molar-refractivity contribution in [3.63, 3.8) is 0 Å². The molecule has 3 aromatic carbocycles. The number of unbranched alkanes of at least 4 members (excludes halogenated alkanes) is 4. The van der Waals surface area contributed by atoms with Gasteiger partial charge >= 0.3 is 0 Å². The van der Waals surface area contributed by atoms with Crippen LogP contribution in [0.25, 0.3) is 0 Å². The number of hydrogen-bond acceptors (Lipinski definition) is 8. The molecule has 0 saturated heterocycles. The van der Waals surface area contributed by atoms with Crippen LogP contribution in [0, 0.1) is 0 Å². The second-order valence-corrected chi connectivity index (χ2v) is 12.3. The summed E-state index contributed by atoms with van der Waals surface area (Å²) in [5.41, 5.74) is 1.86. The summed E-state index contributed by atoms with van der Waals surface area (Å²) in [4.78, 5) is 51.7. The maximum absolute atomic E-state index is 14.0. The van der Waals surface area contributed by atoms with E-state index in [1.807, 2.05) is 27.7 Å². The Morgan fingerprint density at radius 1 is 0.462 bits per heavy atom. The Labute approximate surface area is 307 Å². The first-order valence-electron chi connectivity index (χ1n) is 18.2. The summed E-state index contributed by atoms with van der Waals surface area (Å²) in [5, 5.41) is 11.3. The summed E-state index contributed by atoms with van der Waals surface area (Å²) >= 11 is 0. The van der Waals surface area contributed by atoms with Gasteiger partial charge in [0.25, 0.3) is 11.8 Å². The van der Waals surface area contributed by atoms with E-state index >= 15 is 0 Å². The lowest BCUT2D eigenvalue weighted by Gasteiger charge is -2.20. The van der Waals surface area contributed by atoms with E-state index < -0.39 is 11.8 Å². The van der Waals surface area contributed by atoms with E-state index in [0.717, 1.165) is 51.4 Å². The number of benzene rings is 3. The number of carbonyl (C=O) groups is 4. The number of amides is 4. The van der Waals surface area contributed by atoms with Crippen molar-refractivity contribution in [1.29, 1.82) is 0 Å². The van der Waals surface area contributed by atoms with Crippen molar-refractivity contribution in [3.05, 3.63) is 59.7 Å². The standard InChI is InChI=1S/C40H54N4O8/c1-7-11-19-49-35-17-15-29(41-27(5)45)23-31(35)39(47)43-33-25-34(38(52-22-14-10-4)26-37(33)51-21-13-9-3)44-40(48)32-24-30(42-28(6)46)16-18-36(32)50-20-12-8-2/h15-18,23-26H,7-14,19-22H2,1-6H3,(H,41,45)(H,42,46)(H,43,47)(H,44,48). The number of nitrogens with one attached hydrogen (secondary N) is 4. The Hall–Kier alpha value is -5.26. The highest BCUT2D eigenvalue weighted by Crippen LogP contribution is 2.39. The number of hydrogen-bond donors (Lipinski definition) is 4. The molecule has 0 aliphatic rings. The molecule has 0 atom stereocenters. The average Bonchev–Trinajstić information content (AvgIpc) is 3.10. The predicted octanol–water partition coefficient (Wildman–Crippen LogP) is 8.82. The van der Waals surface area contributed by atoms with Crippen molar-refractivity contribution >= 4 is 46.4 Å². The SMILES string of the molecule is CCCCOc1cc(OCCCC)c(NC(=O)c2cc(NC(C)=O)ccc2OCCCC)cc1NC(=O)c1cc(NC(C)=O)ccc1OCCCC. The molecule has 0 radical (unpaired) electrons. The van der Waals surface area contributed by atoms with Crippen LogP contribution in [0.3, 0.4) is 0 Å². The van der Waals surface area contributed by atoms with Crippen molar-refractivity contribution in [2.24, 2.45) is 0 Å². The zero-order valence-corrected chi connectivity index (χ0v) is 31.4. The minimum atomic E-state index is -0.509. The second-order valence-electron chi connectivity index (χ2n) is 12.3. The number of ether oxygens (including phenoxy) is 4. The van der Waals surface area contributed by atoms with Crippen LogP contribution in [-0.2, 0) is 9.59 Å². The van der Waals surface area contributed by atoms with Gasteiger partial charge < -0.3 is 40.2 Å². The molecule has 0 aliphatic carbocycles. The molecule has 12 nitrogen and oxygen atoms in total. The Kier molecular flexibility index (Phi) is 17.3. The highest BCUT2D eigenvalue weighted by atomic mass is 16.5. The van der Waals surface area contributed by atoms with E-state index in [0.29, 0.717) is 60.8 Å². The lowest BCUT2D eigenvalue weighted by Crippen LogP contribution is -2.18. The number of anilines is 4. The molecule has 0 unspecified atom stereocenters. The van der Waals surface area contributed by atoms with Crippen molar-refractivity contribution in [3.8, 4) is 23.0 Å². The maximum atomic E-state index is 14.0. The Morgan fingerprint density at radius 3 is 1.13 bits per heavy atom. The molecule has 0 spiro atoms. The van der Waals surface area contributed by atoms with Gasteiger partial charge in [0.05, 0.1) is 48.9 Å². The molecule has 0 saturated carbocycles. The van der Waals surface area contributed by atoms with E-state index in [-0.39, 0.29) is 34.3 Å². The van der Waals surface area contributed by atoms with Crippen LogP contribution in [0.15, 0.2) is 48.5 Å². The van der Waals surface area contributed by atoms with Gasteiger partial charge in [-0.25, -0.2) is 0 Å². The van der Waals surface area contributed by atoms with Gasteiger partial charge in [0.1, 0.15) is 23.0 Å². The molecule has 4 amide bonds. The van der Waals surface area contributed by atoms with Gasteiger partial charge in [0.2, 0.25) is 11.8 Å². The van der Waals surface area contributed by atoms with Crippen LogP contribution < -0.4 is 40.2 Å². The quantitative estimate of drug-likeness (QED) is 0.0752. The van der Waals surface area contributed by atoms with Crippen LogP contribution in [-0.4, -0.2) is 50.1 Å². The molecule has 3 aromatic rings. The summed E-state index contributed by atoms with van der Waals surface area (Å²) in [7, 11) is 0. The summed E-state index contributed by atoms with van der Waals surface area (Å²) < 4.78 is 24.3. The van der Waals surface area contributed by atoms with Crippen molar-refractivity contribution in [2.75, 3.05) is 47.7 Å². The van der Waals surface area contributed by atoms with E-state index in [4.69, 9.17) is 18.9 Å². The first-order valence-corrected chi connectivity index (χ1v) is 18.2. The molecule has 0 aromatic heterocycles. The molecule has 0 heterocycles. The fourth-order valence-corrected chi connectivity index (χ4v) is 4.91. The monoisotopic (exact) mass is 718 g/mol. The third-order valence-electron chi connectivity index (χ3n) is 7.69. The number of carbonyl (C=O) groups excluding carboxylic acids is 4. The molecule has 52 heavy (non-hydrogen) atoms. The van der Waals surface area contributed by atoms with Gasteiger partial charge in [-0.3, -0.25) is 19.2 Å². The third-order valence-corrected chi connectivity index (χ3v) is 7.69. The lowest BCUT2D eigenvalue weighted by atomic mass is 10.1. The molecular weight excluding hydrogens is 664 g/mol. The minimum Gasteiger partial charge on any atom is -0.493 e. The summed E-state index contributed by atoms with van der Waals surface area (Å²) in [6.07, 6.45) is 6.75. The topological polar surface area (TPSA) is 153 Å². The molecular formula is C40H54N4O8. The van der Waals surface area contributed by atoms with Gasteiger partial charge in [-0.05, 0) is 68.1 Å². The number of rotatable bonds is 22. The molecule has 0 fully saturated rings. The zero-order valence-electron chi connectivity index (χ0n) is 31.4. The maximum Gasteiger partial charge on any atom is 0.259 e. The average molecular weight is 719 g/mol. The molecule has 0 aliphatic heterocycles. The predicted molar refractivity (Wildman–Crippen MR) is 205 cm³/mol. The zero-order chi connectivity index (χ0) is 37.9. The van der Waals surface area contributed by atoms with Gasteiger partial charge in [0.15, 0.2) is 0 Å².